The van der Waals surface area contributed by atoms with Crippen molar-refractivity contribution >= 4 is 0 Å². The first-order chi connectivity index (χ1) is 9.60. The SMILES string of the molecule is CCC(C)N1CCN(CC2CCN(C(C)C)CC2)CC1. The van der Waals surface area contributed by atoms with Gasteiger partial charge in [0.1, 0.15) is 0 Å². The fourth-order valence-corrected chi connectivity index (χ4v) is 3.66. The first kappa shape index (κ1) is 16.3. The molecule has 0 N–H and O–H groups in total. The Hall–Kier alpha value is -0.120. The second-order valence-electron chi connectivity index (χ2n) is 7.17. The molecule has 118 valence electrons. The third kappa shape index (κ3) is 4.44. The molecule has 0 saturated carbocycles. The Balaban J connectivity index is 1.66. The van der Waals surface area contributed by atoms with Gasteiger partial charge in [0.2, 0.25) is 0 Å². The minimum Gasteiger partial charge on any atom is -0.301 e. The lowest BCUT2D eigenvalue weighted by Gasteiger charge is -2.41. The summed E-state index contributed by atoms with van der Waals surface area (Å²) in [5.74, 6) is 0.945. The molecule has 0 aromatic carbocycles. The lowest BCUT2D eigenvalue weighted by Crippen LogP contribution is -2.51. The molecule has 0 spiro atoms. The maximum Gasteiger partial charge on any atom is 0.0113 e. The van der Waals surface area contributed by atoms with Gasteiger partial charge in [-0.1, -0.05) is 6.92 Å². The standard InChI is InChI=1S/C17H35N3/c1-5-16(4)20-12-10-18(11-13-20)14-17-6-8-19(9-7-17)15(2)3/h15-17H,5-14H2,1-4H3. The average molecular weight is 281 g/mol. The molecule has 2 aliphatic heterocycles. The van der Waals surface area contributed by atoms with Crippen LogP contribution in [0.2, 0.25) is 0 Å². The Morgan fingerprint density at radius 1 is 0.850 bits per heavy atom. The Labute approximate surface area is 126 Å². The van der Waals surface area contributed by atoms with Gasteiger partial charge in [0.15, 0.2) is 0 Å². The molecular weight excluding hydrogens is 246 g/mol. The molecular formula is C17H35N3. The summed E-state index contributed by atoms with van der Waals surface area (Å²) in [6.07, 6.45) is 4.10. The maximum atomic E-state index is 2.72. The Morgan fingerprint density at radius 2 is 1.45 bits per heavy atom. The van der Waals surface area contributed by atoms with Crippen LogP contribution < -0.4 is 0 Å². The van der Waals surface area contributed by atoms with Gasteiger partial charge in [-0.25, -0.2) is 0 Å². The van der Waals surface area contributed by atoms with Gasteiger partial charge in [-0.3, -0.25) is 4.90 Å². The first-order valence-electron chi connectivity index (χ1n) is 8.80. The molecule has 1 atom stereocenters. The summed E-state index contributed by atoms with van der Waals surface area (Å²) in [6.45, 7) is 18.4. The molecule has 2 heterocycles. The lowest BCUT2D eigenvalue weighted by atomic mass is 9.95. The highest BCUT2D eigenvalue weighted by atomic mass is 15.3. The van der Waals surface area contributed by atoms with Gasteiger partial charge in [-0.05, 0) is 59.0 Å². The molecule has 0 amide bonds. The second kappa shape index (κ2) is 7.77. The third-order valence-corrected chi connectivity index (χ3v) is 5.52. The van der Waals surface area contributed by atoms with Gasteiger partial charge >= 0.3 is 0 Å². The van der Waals surface area contributed by atoms with Crippen molar-refractivity contribution in [3.05, 3.63) is 0 Å². The topological polar surface area (TPSA) is 9.72 Å². The van der Waals surface area contributed by atoms with Gasteiger partial charge < -0.3 is 9.80 Å². The largest absolute Gasteiger partial charge is 0.301 e. The monoisotopic (exact) mass is 281 g/mol. The number of nitrogens with zero attached hydrogens (tertiary/aromatic N) is 3. The average Bonchev–Trinajstić information content (AvgIpc) is 2.48. The maximum absolute atomic E-state index is 2.72. The van der Waals surface area contributed by atoms with Crippen LogP contribution in [0.4, 0.5) is 0 Å². The quantitative estimate of drug-likeness (QED) is 0.767. The van der Waals surface area contributed by atoms with Crippen molar-refractivity contribution in [3.63, 3.8) is 0 Å². The van der Waals surface area contributed by atoms with E-state index < -0.39 is 0 Å². The van der Waals surface area contributed by atoms with E-state index in [1.165, 1.54) is 65.1 Å². The van der Waals surface area contributed by atoms with Gasteiger partial charge in [-0.15, -0.1) is 0 Å². The second-order valence-corrected chi connectivity index (χ2v) is 7.17. The van der Waals surface area contributed by atoms with E-state index in [9.17, 15) is 0 Å². The van der Waals surface area contributed by atoms with Crippen molar-refractivity contribution < 1.29 is 0 Å². The molecule has 2 saturated heterocycles. The van der Waals surface area contributed by atoms with E-state index in [2.05, 4.69) is 42.4 Å². The van der Waals surface area contributed by atoms with Crippen molar-refractivity contribution in [3.8, 4) is 0 Å². The van der Waals surface area contributed by atoms with Crippen LogP contribution in [0.5, 0.6) is 0 Å². The Morgan fingerprint density at radius 3 is 1.95 bits per heavy atom. The van der Waals surface area contributed by atoms with E-state index in [1.807, 2.05) is 0 Å². The summed E-state index contributed by atoms with van der Waals surface area (Å²) >= 11 is 0. The summed E-state index contributed by atoms with van der Waals surface area (Å²) < 4.78 is 0. The molecule has 2 aliphatic rings. The smallest absolute Gasteiger partial charge is 0.0113 e. The van der Waals surface area contributed by atoms with E-state index in [0.29, 0.717) is 0 Å². The summed E-state index contributed by atoms with van der Waals surface area (Å²) in [7, 11) is 0. The molecule has 1 unspecified atom stereocenters. The third-order valence-electron chi connectivity index (χ3n) is 5.52. The molecule has 0 bridgehead atoms. The van der Waals surface area contributed by atoms with Crippen LogP contribution >= 0.6 is 0 Å². The number of hydrogen-bond acceptors (Lipinski definition) is 3. The van der Waals surface area contributed by atoms with Gasteiger partial charge in [-0.2, -0.15) is 0 Å². The molecule has 3 heteroatoms. The van der Waals surface area contributed by atoms with Crippen LogP contribution in [-0.4, -0.2) is 72.6 Å². The molecule has 0 aromatic heterocycles. The minimum absolute atomic E-state index is 0.732. The molecule has 2 fully saturated rings. The number of likely N-dealkylation sites (tertiary alicyclic amines) is 1. The van der Waals surface area contributed by atoms with E-state index in [1.54, 1.807) is 0 Å². The molecule has 0 aliphatic carbocycles. The highest BCUT2D eigenvalue weighted by Crippen LogP contribution is 2.21. The van der Waals surface area contributed by atoms with Crippen LogP contribution in [-0.2, 0) is 0 Å². The van der Waals surface area contributed by atoms with Crippen molar-refractivity contribution in [2.75, 3.05) is 45.8 Å². The number of hydrogen-bond donors (Lipinski definition) is 0. The van der Waals surface area contributed by atoms with Crippen molar-refractivity contribution in [1.29, 1.82) is 0 Å². The van der Waals surface area contributed by atoms with Crippen LogP contribution in [0, 0.1) is 5.92 Å². The van der Waals surface area contributed by atoms with E-state index in [-0.39, 0.29) is 0 Å². The first-order valence-corrected chi connectivity index (χ1v) is 8.80. The van der Waals surface area contributed by atoms with Crippen molar-refractivity contribution in [1.82, 2.24) is 14.7 Å². The van der Waals surface area contributed by atoms with Crippen LogP contribution in [0.15, 0.2) is 0 Å². The summed E-state index contributed by atoms with van der Waals surface area (Å²) in [5, 5.41) is 0. The van der Waals surface area contributed by atoms with Gasteiger partial charge in [0, 0.05) is 44.8 Å². The lowest BCUT2D eigenvalue weighted by molar-refractivity contribution is 0.0716. The van der Waals surface area contributed by atoms with Crippen LogP contribution in [0.25, 0.3) is 0 Å². The van der Waals surface area contributed by atoms with Crippen LogP contribution in [0.1, 0.15) is 47.0 Å². The fraction of sp³-hybridized carbons (Fsp3) is 1.00. The zero-order valence-corrected chi connectivity index (χ0v) is 14.1. The summed E-state index contributed by atoms with van der Waals surface area (Å²) in [4.78, 5) is 8.02. The highest BCUT2D eigenvalue weighted by molar-refractivity contribution is 4.80. The van der Waals surface area contributed by atoms with E-state index in [4.69, 9.17) is 0 Å². The Kier molecular flexibility index (Phi) is 6.31. The molecule has 0 aromatic rings. The molecule has 3 nitrogen and oxygen atoms in total. The summed E-state index contributed by atoms with van der Waals surface area (Å²) in [6, 6.07) is 1.50. The summed E-state index contributed by atoms with van der Waals surface area (Å²) in [5.41, 5.74) is 0. The van der Waals surface area contributed by atoms with Crippen LogP contribution in [0.3, 0.4) is 0 Å². The molecule has 20 heavy (non-hydrogen) atoms. The van der Waals surface area contributed by atoms with E-state index >= 15 is 0 Å². The fourth-order valence-electron chi connectivity index (χ4n) is 3.66. The van der Waals surface area contributed by atoms with Gasteiger partial charge in [0.25, 0.3) is 0 Å². The number of piperidine rings is 1. The minimum atomic E-state index is 0.732. The highest BCUT2D eigenvalue weighted by Gasteiger charge is 2.25. The zero-order chi connectivity index (χ0) is 14.5. The molecule has 0 radical (unpaired) electrons. The molecule has 2 rings (SSSR count). The number of piperazine rings is 1. The zero-order valence-electron chi connectivity index (χ0n) is 14.1. The van der Waals surface area contributed by atoms with E-state index in [0.717, 1.165) is 18.0 Å². The predicted molar refractivity (Wildman–Crippen MR) is 87.2 cm³/mol. The predicted octanol–water partition coefficient (Wildman–Crippen LogP) is 2.52. The Bertz CT molecular complexity index is 263. The number of rotatable bonds is 5. The van der Waals surface area contributed by atoms with Crippen molar-refractivity contribution in [2.45, 2.75) is 59.0 Å². The van der Waals surface area contributed by atoms with Gasteiger partial charge in [0.05, 0.1) is 0 Å². The normalized spacial score (nSPS) is 26.2. The van der Waals surface area contributed by atoms with Crippen molar-refractivity contribution in [2.24, 2.45) is 5.92 Å².